The van der Waals surface area contributed by atoms with Crippen molar-refractivity contribution in [2.24, 2.45) is 0 Å². The summed E-state index contributed by atoms with van der Waals surface area (Å²) in [5.74, 6) is 2.35. The molecule has 0 spiro atoms. The van der Waals surface area contributed by atoms with Gasteiger partial charge >= 0.3 is 0 Å². The number of carbonyl (C=O) groups is 1. The lowest BCUT2D eigenvalue weighted by Crippen LogP contribution is -2.11. The minimum atomic E-state index is 0.0924. The van der Waals surface area contributed by atoms with Crippen LogP contribution in [0.15, 0.2) is 79.9 Å². The van der Waals surface area contributed by atoms with Gasteiger partial charge in [0.2, 0.25) is 0 Å². The van der Waals surface area contributed by atoms with Gasteiger partial charge in [-0.25, -0.2) is 15.0 Å². The molecule has 250 valence electrons. The monoisotopic (exact) mass is 636 g/mol. The third kappa shape index (κ3) is 12.6. The van der Waals surface area contributed by atoms with Crippen molar-refractivity contribution in [3.63, 3.8) is 0 Å². The van der Waals surface area contributed by atoms with E-state index in [1.165, 1.54) is 36.8 Å². The smallest absolute Gasteiger partial charge is 0.167 e. The number of nitrogens with zero attached hydrogens (tertiary/aromatic N) is 3. The molecule has 7 nitrogen and oxygen atoms in total. The number of aromatic nitrogens is 3. The fourth-order valence-electron chi connectivity index (χ4n) is 5.02. The number of benzene rings is 3. The molecule has 0 aliphatic heterocycles. The Morgan fingerprint density at radius 3 is 1.62 bits per heavy atom. The maximum Gasteiger partial charge on any atom is 0.167 e. The fraction of sp³-hybridized carbons (Fsp3) is 0.350. The highest BCUT2D eigenvalue weighted by Gasteiger charge is 2.17. The Morgan fingerprint density at radius 2 is 1.15 bits per heavy atom. The summed E-state index contributed by atoms with van der Waals surface area (Å²) in [6, 6.07) is 17.9. The SMILES string of the molecule is C=CCNCC=C.C=O.CCCCCCCCOc1ccc(-c2nc(-c3ccc(C)cc3C)nc(-c3ccc(C)cc3C)n2)c(O)c1. The highest BCUT2D eigenvalue weighted by Crippen LogP contribution is 2.34. The molecule has 0 radical (unpaired) electrons. The summed E-state index contributed by atoms with van der Waals surface area (Å²) >= 11 is 0. The molecule has 0 fully saturated rings. The second kappa shape index (κ2) is 21.2. The first kappa shape index (κ1) is 38.6. The van der Waals surface area contributed by atoms with E-state index in [0.29, 0.717) is 35.4 Å². The number of aryl methyl sites for hydroxylation is 4. The number of unbranched alkanes of at least 4 members (excludes halogenated alkanes) is 5. The predicted octanol–water partition coefficient (Wildman–Crippen LogP) is 9.31. The second-order valence-corrected chi connectivity index (χ2v) is 11.5. The molecule has 2 N–H and O–H groups in total. The lowest BCUT2D eigenvalue weighted by molar-refractivity contribution is -0.0980. The van der Waals surface area contributed by atoms with Crippen molar-refractivity contribution in [2.75, 3.05) is 19.7 Å². The summed E-state index contributed by atoms with van der Waals surface area (Å²) in [5.41, 5.74) is 7.00. The molecular weight excluding hydrogens is 584 g/mol. The number of aromatic hydroxyl groups is 1. The molecule has 3 aromatic carbocycles. The maximum atomic E-state index is 11.0. The number of hydrogen-bond donors (Lipinski definition) is 2. The summed E-state index contributed by atoms with van der Waals surface area (Å²) in [4.78, 5) is 22.5. The molecule has 0 bridgehead atoms. The Bertz CT molecular complexity index is 1490. The summed E-state index contributed by atoms with van der Waals surface area (Å²) in [5, 5.41) is 14.0. The van der Waals surface area contributed by atoms with Gasteiger partial charge in [-0.2, -0.15) is 0 Å². The molecule has 47 heavy (non-hydrogen) atoms. The number of phenolic OH excluding ortho intramolecular Hbond substituents is 1. The molecule has 0 amide bonds. The van der Waals surface area contributed by atoms with E-state index in [9.17, 15) is 5.11 Å². The van der Waals surface area contributed by atoms with Crippen molar-refractivity contribution < 1.29 is 14.6 Å². The number of carbonyl (C=O) groups excluding carboxylic acids is 1. The van der Waals surface area contributed by atoms with Gasteiger partial charge in [0.15, 0.2) is 17.5 Å². The van der Waals surface area contributed by atoms with Gasteiger partial charge in [-0.05, 0) is 57.4 Å². The number of phenols is 1. The van der Waals surface area contributed by atoms with Crippen LogP contribution in [0.1, 0.15) is 67.7 Å². The largest absolute Gasteiger partial charge is 0.507 e. The van der Waals surface area contributed by atoms with Gasteiger partial charge in [-0.3, -0.25) is 0 Å². The van der Waals surface area contributed by atoms with Crippen molar-refractivity contribution >= 4 is 6.79 Å². The summed E-state index contributed by atoms with van der Waals surface area (Å²) < 4.78 is 5.91. The zero-order valence-electron chi connectivity index (χ0n) is 28.9. The standard InChI is InChI=1S/C33H39N3O2.C6H11N.CH2O/c1-6-7-8-9-10-11-18-38-26-14-17-29(30(37)21-26)33-35-31(27-15-12-22(2)19-24(27)4)34-32(36-33)28-16-13-23(3)20-25(28)5;1-3-5-7-6-4-2;1-2/h12-17,19-21,37H,6-11,18H2,1-5H3;3-4,7H,1-2,5-6H2;1H2. The van der Waals surface area contributed by atoms with E-state index < -0.39 is 0 Å². The van der Waals surface area contributed by atoms with E-state index in [1.54, 1.807) is 6.07 Å². The average molecular weight is 637 g/mol. The molecule has 7 heteroatoms. The zero-order valence-corrected chi connectivity index (χ0v) is 28.9. The summed E-state index contributed by atoms with van der Waals surface area (Å²) in [7, 11) is 0. The molecule has 0 saturated carbocycles. The van der Waals surface area contributed by atoms with Crippen LogP contribution in [-0.4, -0.2) is 46.5 Å². The Labute approximate surface area is 281 Å². The Balaban J connectivity index is 0.000000756. The third-order valence-corrected chi connectivity index (χ3v) is 7.44. The van der Waals surface area contributed by atoms with Gasteiger partial charge in [0.25, 0.3) is 0 Å². The number of nitrogens with one attached hydrogen (secondary N) is 1. The van der Waals surface area contributed by atoms with Crippen molar-refractivity contribution in [3.8, 4) is 45.7 Å². The molecule has 0 saturated heterocycles. The minimum Gasteiger partial charge on any atom is -0.507 e. The molecule has 4 aromatic rings. The van der Waals surface area contributed by atoms with Crippen LogP contribution in [0.5, 0.6) is 11.5 Å². The van der Waals surface area contributed by atoms with Crippen LogP contribution in [0.3, 0.4) is 0 Å². The molecule has 0 aliphatic carbocycles. The minimum absolute atomic E-state index is 0.0924. The Hall–Kier alpha value is -4.62. The van der Waals surface area contributed by atoms with E-state index in [4.69, 9.17) is 24.5 Å². The molecule has 0 aliphatic rings. The topological polar surface area (TPSA) is 97.2 Å². The first-order chi connectivity index (χ1) is 22.8. The van der Waals surface area contributed by atoms with Gasteiger partial charge in [0.1, 0.15) is 18.3 Å². The van der Waals surface area contributed by atoms with Crippen molar-refractivity contribution in [1.82, 2.24) is 20.3 Å². The van der Waals surface area contributed by atoms with Crippen LogP contribution in [0.25, 0.3) is 34.2 Å². The quantitative estimate of drug-likeness (QED) is 0.0991. The van der Waals surface area contributed by atoms with Gasteiger partial charge in [0.05, 0.1) is 12.2 Å². The lowest BCUT2D eigenvalue weighted by atomic mass is 10.0. The number of rotatable bonds is 15. The maximum absolute atomic E-state index is 11.0. The number of hydrogen-bond acceptors (Lipinski definition) is 7. The van der Waals surface area contributed by atoms with Crippen LogP contribution in [0.2, 0.25) is 0 Å². The van der Waals surface area contributed by atoms with Crippen LogP contribution in [0.4, 0.5) is 0 Å². The first-order valence-electron chi connectivity index (χ1n) is 16.4. The van der Waals surface area contributed by atoms with Gasteiger partial charge < -0.3 is 20.0 Å². The van der Waals surface area contributed by atoms with Gasteiger partial charge in [-0.1, -0.05) is 98.7 Å². The van der Waals surface area contributed by atoms with Crippen LogP contribution in [0, 0.1) is 27.7 Å². The molecule has 0 unspecified atom stereocenters. The Morgan fingerprint density at radius 1 is 0.681 bits per heavy atom. The third-order valence-electron chi connectivity index (χ3n) is 7.44. The molecule has 4 rings (SSSR count). The van der Waals surface area contributed by atoms with Crippen molar-refractivity contribution in [3.05, 3.63) is 102 Å². The highest BCUT2D eigenvalue weighted by molar-refractivity contribution is 5.72. The average Bonchev–Trinajstić information content (AvgIpc) is 3.06. The number of ether oxygens (including phenoxy) is 1. The molecule has 1 heterocycles. The fourth-order valence-corrected chi connectivity index (χ4v) is 5.02. The highest BCUT2D eigenvalue weighted by atomic mass is 16.5. The van der Waals surface area contributed by atoms with E-state index in [2.05, 4.69) is 89.5 Å². The normalized spacial score (nSPS) is 10.2. The Kier molecular flexibility index (Phi) is 17.4. The lowest BCUT2D eigenvalue weighted by Gasteiger charge is -2.13. The van der Waals surface area contributed by atoms with E-state index >= 15 is 0 Å². The van der Waals surface area contributed by atoms with Gasteiger partial charge in [0, 0.05) is 30.3 Å². The van der Waals surface area contributed by atoms with Gasteiger partial charge in [-0.15, -0.1) is 13.2 Å². The first-order valence-corrected chi connectivity index (χ1v) is 16.4. The zero-order chi connectivity index (χ0) is 34.6. The predicted molar refractivity (Wildman–Crippen MR) is 196 cm³/mol. The second-order valence-electron chi connectivity index (χ2n) is 11.5. The van der Waals surface area contributed by atoms with Crippen LogP contribution in [-0.2, 0) is 4.79 Å². The van der Waals surface area contributed by atoms with Crippen LogP contribution < -0.4 is 10.1 Å². The summed E-state index contributed by atoms with van der Waals surface area (Å²) in [6.07, 6.45) is 10.9. The van der Waals surface area contributed by atoms with Crippen molar-refractivity contribution in [1.29, 1.82) is 0 Å². The van der Waals surface area contributed by atoms with Crippen molar-refractivity contribution in [2.45, 2.75) is 73.1 Å². The molecular formula is C40H52N4O3. The van der Waals surface area contributed by atoms with E-state index in [1.807, 2.05) is 31.1 Å². The van der Waals surface area contributed by atoms with E-state index in [0.717, 1.165) is 48.2 Å². The molecule has 0 atom stereocenters. The summed E-state index contributed by atoms with van der Waals surface area (Å²) in [6.45, 7) is 22.0. The van der Waals surface area contributed by atoms with Crippen LogP contribution >= 0.6 is 0 Å². The molecule has 1 aromatic heterocycles. The van der Waals surface area contributed by atoms with E-state index in [-0.39, 0.29) is 5.75 Å².